The van der Waals surface area contributed by atoms with Gasteiger partial charge in [-0.1, -0.05) is 6.07 Å². The molecule has 1 aliphatic heterocycles. The number of piperidine rings is 1. The van der Waals surface area contributed by atoms with Crippen LogP contribution < -0.4 is 10.2 Å². The van der Waals surface area contributed by atoms with E-state index in [1.807, 2.05) is 36.5 Å². The predicted molar refractivity (Wildman–Crippen MR) is 125 cm³/mol. The number of nitrogens with one attached hydrogen (secondary N) is 1. The number of hydrogen-bond acceptors (Lipinski definition) is 8. The lowest BCUT2D eigenvalue weighted by molar-refractivity contribution is -0.135. The molecule has 10 heteroatoms. The Hall–Kier alpha value is -4.08. The fourth-order valence-electron chi connectivity index (χ4n) is 4.00. The van der Waals surface area contributed by atoms with Gasteiger partial charge in [0.2, 0.25) is 0 Å². The molecule has 0 atom stereocenters. The Bertz CT molecular complexity index is 1160. The highest BCUT2D eigenvalue weighted by atomic mass is 16.4. The van der Waals surface area contributed by atoms with Crippen LogP contribution in [0.25, 0.3) is 11.3 Å². The largest absolute Gasteiger partial charge is 0.504 e. The molecule has 1 saturated heterocycles. The highest BCUT2D eigenvalue weighted by molar-refractivity contribution is 5.96. The molecule has 34 heavy (non-hydrogen) atoms. The maximum absolute atomic E-state index is 12.2. The number of carboxylic acids is 1. The highest BCUT2D eigenvalue weighted by Gasteiger charge is 2.24. The number of carboxylic acid groups (broad SMARTS) is 1. The Kier molecular flexibility index (Phi) is 6.95. The second-order valence-electron chi connectivity index (χ2n) is 8.25. The molecule has 0 spiro atoms. The summed E-state index contributed by atoms with van der Waals surface area (Å²) in [4.78, 5) is 42.7. The molecule has 176 valence electrons. The van der Waals surface area contributed by atoms with Crippen LogP contribution in [-0.4, -0.2) is 61.7 Å². The minimum Gasteiger partial charge on any atom is -0.504 e. The summed E-state index contributed by atoms with van der Waals surface area (Å²) in [5.74, 6) is -0.530. The first kappa shape index (κ1) is 23.1. The smallest absolute Gasteiger partial charge is 0.322 e. The van der Waals surface area contributed by atoms with Crippen LogP contribution in [0.15, 0.2) is 42.7 Å². The predicted octanol–water partition coefficient (Wildman–Crippen LogP) is 2.22. The van der Waals surface area contributed by atoms with Crippen molar-refractivity contribution in [2.75, 3.05) is 24.5 Å². The second-order valence-corrected chi connectivity index (χ2v) is 8.25. The standard InChI is InChI=1S/C24H26N6O4/c1-15-23(33)22(24(34)27-14-21(31)32)29-19(28-15)12-16-7-10-30(11-8-16)20-6-5-17(13-26-20)18-4-2-3-9-25-18/h2-6,9,13,16,33H,7-8,10-12,14H2,1H3,(H,27,34)(H,31,32). The van der Waals surface area contributed by atoms with Crippen LogP contribution in [0, 0.1) is 12.8 Å². The van der Waals surface area contributed by atoms with Gasteiger partial charge in [-0.15, -0.1) is 0 Å². The van der Waals surface area contributed by atoms with Crippen molar-refractivity contribution in [3.63, 3.8) is 0 Å². The van der Waals surface area contributed by atoms with E-state index in [0.717, 1.165) is 43.0 Å². The van der Waals surface area contributed by atoms with Crippen LogP contribution in [-0.2, 0) is 11.2 Å². The maximum atomic E-state index is 12.2. The van der Waals surface area contributed by atoms with Gasteiger partial charge in [0.1, 0.15) is 18.2 Å². The van der Waals surface area contributed by atoms with Gasteiger partial charge in [-0.25, -0.2) is 15.0 Å². The molecular formula is C24H26N6O4. The summed E-state index contributed by atoms with van der Waals surface area (Å²) < 4.78 is 0. The summed E-state index contributed by atoms with van der Waals surface area (Å²) in [6, 6.07) is 9.83. The van der Waals surface area contributed by atoms with E-state index in [4.69, 9.17) is 5.11 Å². The normalized spacial score (nSPS) is 14.1. The SMILES string of the molecule is Cc1nc(CC2CCN(c3ccc(-c4ccccn4)cn3)CC2)nc(C(=O)NCC(=O)O)c1O. The van der Waals surface area contributed by atoms with Crippen LogP contribution >= 0.6 is 0 Å². The summed E-state index contributed by atoms with van der Waals surface area (Å²) in [5.41, 5.74) is 1.96. The minimum atomic E-state index is -1.17. The van der Waals surface area contributed by atoms with Gasteiger partial charge in [-0.3, -0.25) is 14.6 Å². The zero-order valence-corrected chi connectivity index (χ0v) is 18.8. The van der Waals surface area contributed by atoms with E-state index in [1.165, 1.54) is 0 Å². The molecule has 0 saturated carbocycles. The number of hydrogen-bond donors (Lipinski definition) is 3. The van der Waals surface area contributed by atoms with E-state index in [2.05, 4.69) is 30.2 Å². The monoisotopic (exact) mass is 462 g/mol. The molecule has 4 rings (SSSR count). The van der Waals surface area contributed by atoms with Gasteiger partial charge in [0.25, 0.3) is 5.91 Å². The van der Waals surface area contributed by atoms with Gasteiger partial charge in [-0.05, 0) is 49.9 Å². The molecule has 0 unspecified atom stereocenters. The number of anilines is 1. The Morgan fingerprint density at radius 3 is 2.56 bits per heavy atom. The lowest BCUT2D eigenvalue weighted by Gasteiger charge is -2.32. The zero-order chi connectivity index (χ0) is 24.1. The van der Waals surface area contributed by atoms with Gasteiger partial charge >= 0.3 is 5.97 Å². The van der Waals surface area contributed by atoms with E-state index in [0.29, 0.717) is 23.9 Å². The topological polar surface area (TPSA) is 141 Å². The molecule has 3 aromatic rings. The quantitative estimate of drug-likeness (QED) is 0.482. The number of aryl methyl sites for hydroxylation is 1. The number of carbonyl (C=O) groups excluding carboxylic acids is 1. The number of carbonyl (C=O) groups is 2. The van der Waals surface area contributed by atoms with Crippen molar-refractivity contribution in [1.82, 2.24) is 25.3 Å². The Morgan fingerprint density at radius 1 is 1.12 bits per heavy atom. The van der Waals surface area contributed by atoms with Crippen molar-refractivity contribution in [1.29, 1.82) is 0 Å². The van der Waals surface area contributed by atoms with Crippen molar-refractivity contribution in [2.45, 2.75) is 26.2 Å². The first-order valence-corrected chi connectivity index (χ1v) is 11.1. The number of nitrogens with zero attached hydrogens (tertiary/aromatic N) is 5. The third-order valence-corrected chi connectivity index (χ3v) is 5.84. The summed E-state index contributed by atoms with van der Waals surface area (Å²) in [5, 5.41) is 21.1. The lowest BCUT2D eigenvalue weighted by atomic mass is 9.93. The van der Waals surface area contributed by atoms with E-state index in [1.54, 1.807) is 13.1 Å². The number of pyridine rings is 2. The Labute approximate surface area is 196 Å². The lowest BCUT2D eigenvalue weighted by Crippen LogP contribution is -2.35. The van der Waals surface area contributed by atoms with Crippen molar-refractivity contribution < 1.29 is 19.8 Å². The molecule has 3 N–H and O–H groups in total. The number of aromatic hydroxyl groups is 1. The first-order chi connectivity index (χ1) is 16.4. The molecule has 0 radical (unpaired) electrons. The summed E-state index contributed by atoms with van der Waals surface area (Å²) in [7, 11) is 0. The molecule has 3 aromatic heterocycles. The third-order valence-electron chi connectivity index (χ3n) is 5.84. The highest BCUT2D eigenvalue weighted by Crippen LogP contribution is 2.26. The molecular weight excluding hydrogens is 436 g/mol. The van der Waals surface area contributed by atoms with Crippen molar-refractivity contribution in [3.05, 3.63) is 59.9 Å². The van der Waals surface area contributed by atoms with Gasteiger partial charge < -0.3 is 20.4 Å². The summed E-state index contributed by atoms with van der Waals surface area (Å²) in [6.45, 7) is 2.72. The van der Waals surface area contributed by atoms with Crippen LogP contribution in [0.4, 0.5) is 5.82 Å². The van der Waals surface area contributed by atoms with Gasteiger partial charge in [0, 0.05) is 37.5 Å². The van der Waals surface area contributed by atoms with Gasteiger partial charge in [0.15, 0.2) is 11.4 Å². The summed E-state index contributed by atoms with van der Waals surface area (Å²) in [6.07, 6.45) is 5.99. The Morgan fingerprint density at radius 2 is 1.91 bits per heavy atom. The van der Waals surface area contributed by atoms with Crippen LogP contribution in [0.1, 0.15) is 34.8 Å². The van der Waals surface area contributed by atoms with E-state index in [-0.39, 0.29) is 11.4 Å². The molecule has 0 bridgehead atoms. The van der Waals surface area contributed by atoms with Crippen LogP contribution in [0.3, 0.4) is 0 Å². The Balaban J connectivity index is 1.37. The average molecular weight is 463 g/mol. The number of rotatable bonds is 7. The zero-order valence-electron chi connectivity index (χ0n) is 18.8. The van der Waals surface area contributed by atoms with E-state index < -0.39 is 18.4 Å². The second kappa shape index (κ2) is 10.2. The fraction of sp³-hybridized carbons (Fsp3) is 0.333. The third kappa shape index (κ3) is 5.45. The molecule has 0 aliphatic carbocycles. The summed E-state index contributed by atoms with van der Waals surface area (Å²) >= 11 is 0. The van der Waals surface area contributed by atoms with Gasteiger partial charge in [-0.2, -0.15) is 0 Å². The maximum Gasteiger partial charge on any atom is 0.322 e. The van der Waals surface area contributed by atoms with Crippen LogP contribution in [0.5, 0.6) is 5.75 Å². The average Bonchev–Trinajstić information content (AvgIpc) is 2.86. The number of aromatic nitrogens is 4. The molecule has 10 nitrogen and oxygen atoms in total. The number of amides is 1. The van der Waals surface area contributed by atoms with Crippen molar-refractivity contribution in [2.24, 2.45) is 5.92 Å². The van der Waals surface area contributed by atoms with Crippen molar-refractivity contribution >= 4 is 17.7 Å². The van der Waals surface area contributed by atoms with E-state index in [9.17, 15) is 14.7 Å². The first-order valence-electron chi connectivity index (χ1n) is 11.1. The van der Waals surface area contributed by atoms with Gasteiger partial charge in [0.05, 0.1) is 11.4 Å². The van der Waals surface area contributed by atoms with E-state index >= 15 is 0 Å². The molecule has 1 fully saturated rings. The van der Waals surface area contributed by atoms with Crippen molar-refractivity contribution in [3.8, 4) is 17.0 Å². The molecule has 1 aliphatic rings. The number of aliphatic carboxylic acids is 1. The fourth-order valence-corrected chi connectivity index (χ4v) is 4.00. The molecule has 4 heterocycles. The van der Waals surface area contributed by atoms with Crippen LogP contribution in [0.2, 0.25) is 0 Å². The molecule has 1 amide bonds. The minimum absolute atomic E-state index is 0.196. The molecule has 0 aromatic carbocycles.